The Balaban J connectivity index is 3.77. The van der Waals surface area contributed by atoms with Crippen LogP contribution in [0.15, 0.2) is 0 Å². The quantitative estimate of drug-likeness (QED) is 0.730. The molecule has 1 N–H and O–H groups in total. The number of hydrogen-bond donors (Lipinski definition) is 1. The summed E-state index contributed by atoms with van der Waals surface area (Å²) in [5, 5.41) is 3.58. The monoisotopic (exact) mass is 237 g/mol. The first kappa shape index (κ1) is 11.9. The van der Waals surface area contributed by atoms with Gasteiger partial charge in [0, 0.05) is 18.4 Å². The molecule has 0 heterocycles. The van der Waals surface area contributed by atoms with Gasteiger partial charge in [0.2, 0.25) is 5.91 Å². The molecule has 12 heavy (non-hydrogen) atoms. The van der Waals surface area contributed by atoms with E-state index in [-0.39, 0.29) is 17.9 Å². The van der Waals surface area contributed by atoms with E-state index in [1.54, 1.807) is 7.11 Å². The van der Waals surface area contributed by atoms with Crippen molar-refractivity contribution in [3.8, 4) is 0 Å². The Hall–Kier alpha value is -0.0900. The van der Waals surface area contributed by atoms with Crippen LogP contribution in [-0.2, 0) is 9.53 Å². The number of ether oxygens (including phenoxy) is 1. The molecule has 0 spiro atoms. The molecule has 3 nitrogen and oxygen atoms in total. The smallest absolute Gasteiger partial charge is 0.222 e. The lowest BCUT2D eigenvalue weighted by atomic mass is 10.2. The van der Waals surface area contributed by atoms with Crippen molar-refractivity contribution in [1.29, 1.82) is 0 Å². The molecule has 0 saturated carbocycles. The second kappa shape index (κ2) is 6.43. The number of methoxy groups -OCH3 is 1. The second-order valence-corrected chi connectivity index (χ2v) is 3.62. The lowest BCUT2D eigenvalue weighted by Crippen LogP contribution is -2.41. The van der Waals surface area contributed by atoms with E-state index in [9.17, 15) is 4.79 Å². The van der Waals surface area contributed by atoms with Gasteiger partial charge in [0.25, 0.3) is 0 Å². The first-order valence-corrected chi connectivity index (χ1v) is 5.09. The number of halogens is 1. The summed E-state index contributed by atoms with van der Waals surface area (Å²) in [6, 6.07) is 0.0740. The van der Waals surface area contributed by atoms with E-state index < -0.39 is 0 Å². The fraction of sp³-hybridized carbons (Fsp3) is 0.875. The molecule has 0 aromatic rings. The van der Waals surface area contributed by atoms with Crippen LogP contribution >= 0.6 is 15.9 Å². The number of hydrogen-bond acceptors (Lipinski definition) is 2. The van der Waals surface area contributed by atoms with Crippen LogP contribution in [0.4, 0.5) is 0 Å². The summed E-state index contributed by atoms with van der Waals surface area (Å²) < 4.78 is 4.93. The van der Waals surface area contributed by atoms with Crippen LogP contribution in [0.5, 0.6) is 0 Å². The third kappa shape index (κ3) is 4.72. The number of alkyl halides is 1. The number of nitrogens with one attached hydrogen (secondary N) is 1. The van der Waals surface area contributed by atoms with Crippen molar-refractivity contribution >= 4 is 21.8 Å². The van der Waals surface area contributed by atoms with E-state index >= 15 is 0 Å². The molecule has 0 bridgehead atoms. The molecule has 0 radical (unpaired) electrons. The topological polar surface area (TPSA) is 38.3 Å². The van der Waals surface area contributed by atoms with Gasteiger partial charge in [-0.05, 0) is 0 Å². The Bertz CT molecular complexity index is 139. The predicted molar refractivity (Wildman–Crippen MR) is 52.4 cm³/mol. The average Bonchev–Trinajstić information content (AvgIpc) is 2.03. The second-order valence-electron chi connectivity index (χ2n) is 2.97. The molecular weight excluding hydrogens is 222 g/mol. The summed E-state index contributed by atoms with van der Waals surface area (Å²) in [6.07, 6.45) is 0. The van der Waals surface area contributed by atoms with Gasteiger partial charge in [0.1, 0.15) is 0 Å². The van der Waals surface area contributed by atoms with Gasteiger partial charge in [-0.3, -0.25) is 4.79 Å². The predicted octanol–water partition coefficient (Wildman–Crippen LogP) is 1.17. The fourth-order valence-electron chi connectivity index (χ4n) is 0.694. The SMILES string of the molecule is COCC(CBr)NC(=O)C(C)C. The Morgan fingerprint density at radius 1 is 1.58 bits per heavy atom. The van der Waals surface area contributed by atoms with Crippen LogP contribution in [0.3, 0.4) is 0 Å². The Morgan fingerprint density at radius 3 is 2.50 bits per heavy atom. The highest BCUT2D eigenvalue weighted by molar-refractivity contribution is 9.09. The van der Waals surface area contributed by atoms with Crippen molar-refractivity contribution in [3.05, 3.63) is 0 Å². The molecular formula is C8H16BrNO2. The largest absolute Gasteiger partial charge is 0.383 e. The van der Waals surface area contributed by atoms with Gasteiger partial charge < -0.3 is 10.1 Å². The molecule has 0 aromatic carbocycles. The van der Waals surface area contributed by atoms with Gasteiger partial charge in [-0.15, -0.1) is 0 Å². The zero-order chi connectivity index (χ0) is 9.56. The molecule has 0 saturated heterocycles. The van der Waals surface area contributed by atoms with E-state index in [4.69, 9.17) is 4.74 Å². The van der Waals surface area contributed by atoms with Gasteiger partial charge in [-0.1, -0.05) is 29.8 Å². The molecule has 72 valence electrons. The van der Waals surface area contributed by atoms with Crippen LogP contribution in [0.1, 0.15) is 13.8 Å². The maximum atomic E-state index is 11.2. The van der Waals surface area contributed by atoms with Crippen LogP contribution in [0, 0.1) is 5.92 Å². The van der Waals surface area contributed by atoms with E-state index in [1.165, 1.54) is 0 Å². The summed E-state index contributed by atoms with van der Waals surface area (Å²) in [6.45, 7) is 4.28. The first-order chi connectivity index (χ1) is 5.61. The van der Waals surface area contributed by atoms with Crippen molar-refractivity contribution in [2.45, 2.75) is 19.9 Å². The zero-order valence-corrected chi connectivity index (χ0v) is 9.35. The average molecular weight is 238 g/mol. The normalized spacial score (nSPS) is 13.1. The molecule has 0 aliphatic heterocycles. The summed E-state index contributed by atoms with van der Waals surface area (Å²) in [5.41, 5.74) is 0. The summed E-state index contributed by atoms with van der Waals surface area (Å²) in [4.78, 5) is 11.2. The molecule has 4 heteroatoms. The minimum absolute atomic E-state index is 0.0309. The van der Waals surface area contributed by atoms with Crippen molar-refractivity contribution in [3.63, 3.8) is 0 Å². The number of carbonyl (C=O) groups excluding carboxylic acids is 1. The molecule has 0 aliphatic rings. The van der Waals surface area contributed by atoms with Crippen molar-refractivity contribution in [1.82, 2.24) is 5.32 Å². The van der Waals surface area contributed by atoms with E-state index in [0.29, 0.717) is 6.61 Å². The lowest BCUT2D eigenvalue weighted by Gasteiger charge is -2.16. The number of carbonyl (C=O) groups is 1. The van der Waals surface area contributed by atoms with Crippen LogP contribution < -0.4 is 5.32 Å². The van der Waals surface area contributed by atoms with Crippen LogP contribution in [-0.4, -0.2) is 31.0 Å². The summed E-state index contributed by atoms with van der Waals surface area (Å²) >= 11 is 3.30. The maximum Gasteiger partial charge on any atom is 0.222 e. The molecule has 1 unspecified atom stereocenters. The van der Waals surface area contributed by atoms with Gasteiger partial charge >= 0.3 is 0 Å². The Labute approximate surface area is 82.0 Å². The molecule has 1 amide bonds. The van der Waals surface area contributed by atoms with Gasteiger partial charge in [0.05, 0.1) is 12.6 Å². The highest BCUT2D eigenvalue weighted by Gasteiger charge is 2.12. The van der Waals surface area contributed by atoms with Gasteiger partial charge in [-0.2, -0.15) is 0 Å². The Morgan fingerprint density at radius 2 is 2.17 bits per heavy atom. The van der Waals surface area contributed by atoms with E-state index in [2.05, 4.69) is 21.2 Å². The molecule has 0 fully saturated rings. The minimum Gasteiger partial charge on any atom is -0.383 e. The van der Waals surface area contributed by atoms with Crippen LogP contribution in [0.25, 0.3) is 0 Å². The highest BCUT2D eigenvalue weighted by atomic mass is 79.9. The van der Waals surface area contributed by atoms with Crippen molar-refractivity contribution in [2.24, 2.45) is 5.92 Å². The van der Waals surface area contributed by atoms with Crippen LogP contribution in [0.2, 0.25) is 0 Å². The summed E-state index contributed by atoms with van der Waals surface area (Å²) in [5.74, 6) is 0.0971. The van der Waals surface area contributed by atoms with Gasteiger partial charge in [0.15, 0.2) is 0 Å². The maximum absolute atomic E-state index is 11.2. The third-order valence-electron chi connectivity index (χ3n) is 1.42. The van der Waals surface area contributed by atoms with Gasteiger partial charge in [-0.25, -0.2) is 0 Å². The molecule has 0 aliphatic carbocycles. The summed E-state index contributed by atoms with van der Waals surface area (Å²) in [7, 11) is 1.62. The number of amides is 1. The number of rotatable bonds is 5. The van der Waals surface area contributed by atoms with Crippen molar-refractivity contribution < 1.29 is 9.53 Å². The molecule has 1 atom stereocenters. The fourth-order valence-corrected chi connectivity index (χ4v) is 1.04. The molecule has 0 aromatic heterocycles. The highest BCUT2D eigenvalue weighted by Crippen LogP contribution is 1.96. The van der Waals surface area contributed by atoms with E-state index in [1.807, 2.05) is 13.8 Å². The first-order valence-electron chi connectivity index (χ1n) is 3.97. The van der Waals surface area contributed by atoms with Crippen molar-refractivity contribution in [2.75, 3.05) is 19.0 Å². The van der Waals surface area contributed by atoms with E-state index in [0.717, 1.165) is 5.33 Å². The molecule has 0 rings (SSSR count). The Kier molecular flexibility index (Phi) is 6.38. The lowest BCUT2D eigenvalue weighted by molar-refractivity contribution is -0.124. The third-order valence-corrected chi connectivity index (χ3v) is 2.21. The zero-order valence-electron chi connectivity index (χ0n) is 7.76. The minimum atomic E-state index is 0.0309. The standard InChI is InChI=1S/C8H16BrNO2/c1-6(2)8(11)10-7(4-9)5-12-3/h6-7H,4-5H2,1-3H3,(H,10,11).